The van der Waals surface area contributed by atoms with Crippen molar-refractivity contribution in [3.05, 3.63) is 39.7 Å². The van der Waals surface area contributed by atoms with E-state index in [4.69, 9.17) is 0 Å². The van der Waals surface area contributed by atoms with E-state index in [2.05, 4.69) is 11.8 Å². The van der Waals surface area contributed by atoms with E-state index in [1.54, 1.807) is 12.1 Å². The number of halogens is 1. The molecule has 0 bridgehead atoms. The summed E-state index contributed by atoms with van der Waals surface area (Å²) in [6, 6.07) is 4.40. The Morgan fingerprint density at radius 3 is 3.00 bits per heavy atom. The largest absolute Gasteiger partial charge is 0.305 e. The third-order valence-corrected chi connectivity index (χ3v) is 3.83. The van der Waals surface area contributed by atoms with Crippen molar-refractivity contribution in [2.24, 2.45) is 5.92 Å². The van der Waals surface area contributed by atoms with Gasteiger partial charge in [-0.1, -0.05) is 25.5 Å². The molecule has 0 aliphatic carbocycles. The molecule has 1 heterocycles. The molecular weight excluding hydrogens is 247 g/mol. The fraction of sp³-hybridized carbons (Fsp3) is 0.571. The first-order valence-corrected chi connectivity index (χ1v) is 6.76. The van der Waals surface area contributed by atoms with Gasteiger partial charge in [-0.25, -0.2) is 0 Å². The van der Waals surface area contributed by atoms with Crippen LogP contribution in [0.2, 0.25) is 0 Å². The van der Waals surface area contributed by atoms with Crippen molar-refractivity contribution in [1.82, 2.24) is 4.90 Å². The number of piperidine rings is 1. The SMILES string of the molecule is CCC1CCCN(Cc2cccc([N+](=O)[O-])c2F)C1. The Labute approximate surface area is 112 Å². The van der Waals surface area contributed by atoms with E-state index in [1.807, 2.05) is 0 Å². The molecule has 0 amide bonds. The first kappa shape index (κ1) is 13.9. The van der Waals surface area contributed by atoms with Crippen LogP contribution < -0.4 is 0 Å². The maximum absolute atomic E-state index is 14.0. The van der Waals surface area contributed by atoms with Crippen LogP contribution in [0.3, 0.4) is 0 Å². The summed E-state index contributed by atoms with van der Waals surface area (Å²) in [5.74, 6) is -0.0263. The Morgan fingerprint density at radius 1 is 1.53 bits per heavy atom. The molecule has 5 heteroatoms. The molecule has 1 atom stereocenters. The van der Waals surface area contributed by atoms with Gasteiger partial charge in [0, 0.05) is 24.7 Å². The third kappa shape index (κ3) is 3.29. The van der Waals surface area contributed by atoms with Crippen LogP contribution in [0.4, 0.5) is 10.1 Å². The quantitative estimate of drug-likeness (QED) is 0.620. The molecule has 0 spiro atoms. The zero-order valence-electron chi connectivity index (χ0n) is 11.1. The average Bonchev–Trinajstić information content (AvgIpc) is 2.41. The Kier molecular flexibility index (Phi) is 4.47. The molecule has 104 valence electrons. The van der Waals surface area contributed by atoms with Crippen molar-refractivity contribution in [1.29, 1.82) is 0 Å². The van der Waals surface area contributed by atoms with Gasteiger partial charge in [0.15, 0.2) is 0 Å². The van der Waals surface area contributed by atoms with Gasteiger partial charge < -0.3 is 0 Å². The summed E-state index contributed by atoms with van der Waals surface area (Å²) in [4.78, 5) is 12.2. The highest BCUT2D eigenvalue weighted by Crippen LogP contribution is 2.24. The second-order valence-corrected chi connectivity index (χ2v) is 5.16. The van der Waals surface area contributed by atoms with Gasteiger partial charge >= 0.3 is 5.69 Å². The van der Waals surface area contributed by atoms with E-state index < -0.39 is 16.4 Å². The summed E-state index contributed by atoms with van der Waals surface area (Å²) in [7, 11) is 0. The minimum atomic E-state index is -0.689. The van der Waals surface area contributed by atoms with Gasteiger partial charge in [-0.2, -0.15) is 4.39 Å². The number of likely N-dealkylation sites (tertiary alicyclic amines) is 1. The molecule has 4 nitrogen and oxygen atoms in total. The summed E-state index contributed by atoms with van der Waals surface area (Å²) in [5, 5.41) is 10.7. The predicted octanol–water partition coefficient (Wildman–Crippen LogP) is 3.36. The maximum Gasteiger partial charge on any atom is 0.305 e. The van der Waals surface area contributed by atoms with Gasteiger partial charge in [0.1, 0.15) is 0 Å². The zero-order valence-corrected chi connectivity index (χ0v) is 11.1. The number of rotatable bonds is 4. The standard InChI is InChI=1S/C14H19FN2O2/c1-2-11-5-4-8-16(9-11)10-12-6-3-7-13(14(12)15)17(18)19/h3,6-7,11H,2,4-5,8-10H2,1H3. The van der Waals surface area contributed by atoms with Crippen LogP contribution in [0.5, 0.6) is 0 Å². The van der Waals surface area contributed by atoms with E-state index in [1.165, 1.54) is 12.5 Å². The van der Waals surface area contributed by atoms with Gasteiger partial charge in [-0.15, -0.1) is 0 Å². The summed E-state index contributed by atoms with van der Waals surface area (Å²) in [6.07, 6.45) is 3.48. The van der Waals surface area contributed by atoms with E-state index in [0.717, 1.165) is 25.9 Å². The molecule has 19 heavy (non-hydrogen) atoms. The van der Waals surface area contributed by atoms with Crippen molar-refractivity contribution >= 4 is 5.69 Å². The molecule has 1 unspecified atom stereocenters. The van der Waals surface area contributed by atoms with Crippen LogP contribution in [0.15, 0.2) is 18.2 Å². The lowest BCUT2D eigenvalue weighted by molar-refractivity contribution is -0.387. The summed E-state index contributed by atoms with van der Waals surface area (Å²) in [5.41, 5.74) is -0.00694. The monoisotopic (exact) mass is 266 g/mol. The molecule has 0 saturated carbocycles. The first-order valence-electron chi connectivity index (χ1n) is 6.76. The number of hydrogen-bond acceptors (Lipinski definition) is 3. The predicted molar refractivity (Wildman–Crippen MR) is 71.3 cm³/mol. The number of benzene rings is 1. The Balaban J connectivity index is 2.10. The molecular formula is C14H19FN2O2. The summed E-state index contributed by atoms with van der Waals surface area (Å²) < 4.78 is 14.0. The fourth-order valence-electron chi connectivity index (χ4n) is 2.70. The fourth-order valence-corrected chi connectivity index (χ4v) is 2.70. The van der Waals surface area contributed by atoms with Crippen LogP contribution in [0.25, 0.3) is 0 Å². The van der Waals surface area contributed by atoms with E-state index in [-0.39, 0.29) is 0 Å². The van der Waals surface area contributed by atoms with E-state index >= 15 is 0 Å². The van der Waals surface area contributed by atoms with E-state index in [0.29, 0.717) is 18.0 Å². The van der Waals surface area contributed by atoms with Gasteiger partial charge in [-0.3, -0.25) is 15.0 Å². The van der Waals surface area contributed by atoms with Crippen LogP contribution in [0, 0.1) is 21.8 Å². The number of hydrogen-bond donors (Lipinski definition) is 0. The lowest BCUT2D eigenvalue weighted by atomic mass is 9.95. The molecule has 2 rings (SSSR count). The molecule has 0 radical (unpaired) electrons. The lowest BCUT2D eigenvalue weighted by Gasteiger charge is -2.32. The molecule has 1 aromatic carbocycles. The minimum Gasteiger partial charge on any atom is -0.299 e. The second kappa shape index (κ2) is 6.10. The molecule has 0 aromatic heterocycles. The summed E-state index contributed by atoms with van der Waals surface area (Å²) >= 11 is 0. The average molecular weight is 266 g/mol. The zero-order chi connectivity index (χ0) is 13.8. The normalized spacial score (nSPS) is 20.4. The van der Waals surface area contributed by atoms with Gasteiger partial charge in [0.25, 0.3) is 0 Å². The number of nitro groups is 1. The molecule has 0 N–H and O–H groups in total. The molecule has 1 fully saturated rings. The van der Waals surface area contributed by atoms with Gasteiger partial charge in [0.2, 0.25) is 5.82 Å². The summed E-state index contributed by atoms with van der Waals surface area (Å²) in [6.45, 7) is 4.53. The van der Waals surface area contributed by atoms with Crippen molar-refractivity contribution in [2.45, 2.75) is 32.7 Å². The van der Waals surface area contributed by atoms with Crippen LogP contribution in [0.1, 0.15) is 31.7 Å². The maximum atomic E-state index is 14.0. The van der Waals surface area contributed by atoms with Crippen LogP contribution in [-0.4, -0.2) is 22.9 Å². The molecule has 1 aromatic rings. The van der Waals surface area contributed by atoms with Crippen molar-refractivity contribution in [3.63, 3.8) is 0 Å². The minimum absolute atomic E-state index is 0.422. The van der Waals surface area contributed by atoms with Crippen LogP contribution in [-0.2, 0) is 6.54 Å². The van der Waals surface area contributed by atoms with Gasteiger partial charge in [0.05, 0.1) is 4.92 Å². The second-order valence-electron chi connectivity index (χ2n) is 5.16. The molecule has 1 saturated heterocycles. The lowest BCUT2D eigenvalue weighted by Crippen LogP contribution is -2.34. The van der Waals surface area contributed by atoms with Gasteiger partial charge in [-0.05, 0) is 25.3 Å². The topological polar surface area (TPSA) is 46.4 Å². The number of nitrogens with zero attached hydrogens (tertiary/aromatic N) is 2. The Morgan fingerprint density at radius 2 is 2.32 bits per heavy atom. The van der Waals surface area contributed by atoms with Crippen molar-refractivity contribution in [3.8, 4) is 0 Å². The molecule has 1 aliphatic rings. The Bertz CT molecular complexity index is 465. The number of nitro benzene ring substituents is 1. The first-order chi connectivity index (χ1) is 9.11. The van der Waals surface area contributed by atoms with E-state index in [9.17, 15) is 14.5 Å². The van der Waals surface area contributed by atoms with Crippen molar-refractivity contribution in [2.75, 3.05) is 13.1 Å². The Hall–Kier alpha value is -1.49. The molecule has 1 aliphatic heterocycles. The highest BCUT2D eigenvalue weighted by atomic mass is 19.1. The highest BCUT2D eigenvalue weighted by Gasteiger charge is 2.22. The van der Waals surface area contributed by atoms with Crippen LogP contribution >= 0.6 is 0 Å². The smallest absolute Gasteiger partial charge is 0.299 e. The highest BCUT2D eigenvalue weighted by molar-refractivity contribution is 5.36. The third-order valence-electron chi connectivity index (χ3n) is 3.83. The van der Waals surface area contributed by atoms with Crippen molar-refractivity contribution < 1.29 is 9.31 Å².